The van der Waals surface area contributed by atoms with Gasteiger partial charge in [-0.1, -0.05) is 53.8 Å². The van der Waals surface area contributed by atoms with Crippen LogP contribution in [0, 0.1) is 0 Å². The van der Waals surface area contributed by atoms with Crippen molar-refractivity contribution in [3.05, 3.63) is 39.8 Å². The summed E-state index contributed by atoms with van der Waals surface area (Å²) >= 11 is 12.7. The molecule has 0 atom stereocenters. The molecule has 2 amide bonds. The van der Waals surface area contributed by atoms with Crippen molar-refractivity contribution in [3.63, 3.8) is 0 Å². The van der Waals surface area contributed by atoms with Gasteiger partial charge in [-0.25, -0.2) is 0 Å². The van der Waals surface area contributed by atoms with Crippen LogP contribution in [0.1, 0.15) is 31.2 Å². The van der Waals surface area contributed by atoms with E-state index in [2.05, 4.69) is 0 Å². The van der Waals surface area contributed by atoms with Crippen LogP contribution < -0.4 is 0 Å². The van der Waals surface area contributed by atoms with E-state index in [4.69, 9.17) is 23.8 Å². The lowest BCUT2D eigenvalue weighted by Crippen LogP contribution is -2.38. The van der Waals surface area contributed by atoms with Crippen molar-refractivity contribution < 1.29 is 9.59 Å². The smallest absolute Gasteiger partial charge is 0.266 e. The lowest BCUT2D eigenvalue weighted by Gasteiger charge is -2.27. The molecule has 2 aliphatic rings. The van der Waals surface area contributed by atoms with E-state index in [1.54, 1.807) is 12.1 Å². The number of carbonyl (C=O) groups is 2. The van der Waals surface area contributed by atoms with Gasteiger partial charge in [-0.2, -0.15) is 0 Å². The Hall–Kier alpha value is -1.37. The Balaban J connectivity index is 1.63. The molecule has 0 unspecified atom stereocenters. The van der Waals surface area contributed by atoms with Crippen molar-refractivity contribution in [1.29, 1.82) is 0 Å². The lowest BCUT2D eigenvalue weighted by molar-refractivity contribution is -0.132. The molecule has 1 aromatic carbocycles. The van der Waals surface area contributed by atoms with Gasteiger partial charge in [0.05, 0.1) is 4.91 Å². The number of thioether (sulfide) groups is 1. The molecule has 1 aromatic rings. The SMILES string of the molecule is O=C(CCN1C(=O)/C(=C\c2ccccc2Cl)SC1=S)N1CCCCC1. The van der Waals surface area contributed by atoms with E-state index in [-0.39, 0.29) is 11.8 Å². The number of hydrogen-bond acceptors (Lipinski definition) is 4. The second-order valence-electron chi connectivity index (χ2n) is 6.05. The zero-order chi connectivity index (χ0) is 17.8. The molecule has 0 aromatic heterocycles. The molecule has 3 rings (SSSR count). The average Bonchev–Trinajstić information content (AvgIpc) is 2.89. The maximum atomic E-state index is 12.6. The summed E-state index contributed by atoms with van der Waals surface area (Å²) in [6.45, 7) is 1.98. The fraction of sp³-hybridized carbons (Fsp3) is 0.389. The molecule has 2 fully saturated rings. The summed E-state index contributed by atoms with van der Waals surface area (Å²) in [5, 5.41) is 0.591. The summed E-state index contributed by atoms with van der Waals surface area (Å²) < 4.78 is 0.495. The topological polar surface area (TPSA) is 40.6 Å². The Kier molecular flexibility index (Phi) is 6.15. The van der Waals surface area contributed by atoms with Crippen LogP contribution in [-0.4, -0.2) is 45.6 Å². The first-order valence-corrected chi connectivity index (χ1v) is 9.94. The molecule has 0 bridgehead atoms. The van der Waals surface area contributed by atoms with E-state index in [0.29, 0.717) is 27.2 Å². The van der Waals surface area contributed by atoms with E-state index in [9.17, 15) is 9.59 Å². The molecule has 0 radical (unpaired) electrons. The number of nitrogens with zero attached hydrogens (tertiary/aromatic N) is 2. The molecule has 4 nitrogen and oxygen atoms in total. The van der Waals surface area contributed by atoms with Gasteiger partial charge in [0.25, 0.3) is 5.91 Å². The van der Waals surface area contributed by atoms with Gasteiger partial charge in [-0.3, -0.25) is 14.5 Å². The van der Waals surface area contributed by atoms with Crippen LogP contribution in [0.4, 0.5) is 0 Å². The number of amides is 2. The van der Waals surface area contributed by atoms with Crippen molar-refractivity contribution >= 4 is 57.8 Å². The maximum absolute atomic E-state index is 12.6. The zero-order valence-electron chi connectivity index (χ0n) is 13.7. The molecule has 0 N–H and O–H groups in total. The second kappa shape index (κ2) is 8.34. The highest BCUT2D eigenvalue weighted by Gasteiger charge is 2.32. The van der Waals surface area contributed by atoms with Crippen LogP contribution >= 0.6 is 35.6 Å². The highest BCUT2D eigenvalue weighted by atomic mass is 35.5. The maximum Gasteiger partial charge on any atom is 0.266 e. The lowest BCUT2D eigenvalue weighted by atomic mass is 10.1. The average molecular weight is 395 g/mol. The predicted octanol–water partition coefficient (Wildman–Crippen LogP) is 3.94. The van der Waals surface area contributed by atoms with Gasteiger partial charge < -0.3 is 4.90 Å². The summed E-state index contributed by atoms with van der Waals surface area (Å²) in [6.07, 6.45) is 5.38. The van der Waals surface area contributed by atoms with Crippen LogP contribution in [-0.2, 0) is 9.59 Å². The van der Waals surface area contributed by atoms with Crippen molar-refractivity contribution in [1.82, 2.24) is 9.80 Å². The molecule has 132 valence electrons. The molecular weight excluding hydrogens is 376 g/mol. The molecule has 25 heavy (non-hydrogen) atoms. The second-order valence-corrected chi connectivity index (χ2v) is 8.13. The largest absolute Gasteiger partial charge is 0.343 e. The van der Waals surface area contributed by atoms with Crippen LogP contribution in [0.5, 0.6) is 0 Å². The van der Waals surface area contributed by atoms with Gasteiger partial charge in [-0.15, -0.1) is 0 Å². The molecule has 0 aliphatic carbocycles. The minimum absolute atomic E-state index is 0.101. The quantitative estimate of drug-likeness (QED) is 0.572. The normalized spacial score (nSPS) is 19.8. The van der Waals surface area contributed by atoms with E-state index in [1.807, 2.05) is 23.1 Å². The van der Waals surface area contributed by atoms with Gasteiger partial charge in [0, 0.05) is 31.1 Å². The number of piperidine rings is 1. The molecule has 2 heterocycles. The van der Waals surface area contributed by atoms with Gasteiger partial charge in [0.2, 0.25) is 5.91 Å². The first-order chi connectivity index (χ1) is 12.1. The Morgan fingerprint density at radius 2 is 1.96 bits per heavy atom. The van der Waals surface area contributed by atoms with Crippen molar-refractivity contribution in [2.75, 3.05) is 19.6 Å². The minimum Gasteiger partial charge on any atom is -0.343 e. The number of rotatable bonds is 4. The Morgan fingerprint density at radius 3 is 2.68 bits per heavy atom. The van der Waals surface area contributed by atoms with Crippen molar-refractivity contribution in [2.45, 2.75) is 25.7 Å². The van der Waals surface area contributed by atoms with E-state index >= 15 is 0 Å². The minimum atomic E-state index is -0.152. The molecular formula is C18H19ClN2O2S2. The highest BCUT2D eigenvalue weighted by molar-refractivity contribution is 8.26. The van der Waals surface area contributed by atoms with Gasteiger partial charge in [0.1, 0.15) is 4.32 Å². The summed E-state index contributed by atoms with van der Waals surface area (Å²) in [5.74, 6) is -0.0507. The molecule has 2 aliphatic heterocycles. The Labute approximate surface area is 162 Å². The number of thiocarbonyl (C=S) groups is 1. The van der Waals surface area contributed by atoms with Gasteiger partial charge in [-0.05, 0) is 37.0 Å². The molecule has 2 saturated heterocycles. The summed E-state index contributed by atoms with van der Waals surface area (Å²) in [7, 11) is 0. The van der Waals surface area contributed by atoms with Crippen molar-refractivity contribution in [3.8, 4) is 0 Å². The van der Waals surface area contributed by atoms with Crippen LogP contribution in [0.3, 0.4) is 0 Å². The number of carbonyl (C=O) groups excluding carboxylic acids is 2. The third-order valence-corrected chi connectivity index (χ3v) is 6.05. The van der Waals surface area contributed by atoms with Crippen LogP contribution in [0.15, 0.2) is 29.2 Å². The molecule has 7 heteroatoms. The summed E-state index contributed by atoms with van der Waals surface area (Å²) in [6, 6.07) is 7.35. The van der Waals surface area contributed by atoms with Crippen LogP contribution in [0.2, 0.25) is 5.02 Å². The first kappa shape index (κ1) is 18.4. The number of hydrogen-bond donors (Lipinski definition) is 0. The number of likely N-dealkylation sites (tertiary alicyclic amines) is 1. The Bertz CT molecular complexity index is 730. The number of benzene rings is 1. The highest BCUT2D eigenvalue weighted by Crippen LogP contribution is 2.33. The monoisotopic (exact) mass is 394 g/mol. The fourth-order valence-electron chi connectivity index (χ4n) is 2.94. The summed E-state index contributed by atoms with van der Waals surface area (Å²) in [5.41, 5.74) is 0.786. The third kappa shape index (κ3) is 4.43. The fourth-order valence-corrected chi connectivity index (χ4v) is 4.42. The van der Waals surface area contributed by atoms with E-state index in [1.165, 1.54) is 23.1 Å². The van der Waals surface area contributed by atoms with E-state index < -0.39 is 0 Å². The van der Waals surface area contributed by atoms with E-state index in [0.717, 1.165) is 31.5 Å². The first-order valence-electron chi connectivity index (χ1n) is 8.34. The zero-order valence-corrected chi connectivity index (χ0v) is 16.1. The van der Waals surface area contributed by atoms with Gasteiger partial charge >= 0.3 is 0 Å². The van der Waals surface area contributed by atoms with Crippen LogP contribution in [0.25, 0.3) is 6.08 Å². The third-order valence-electron chi connectivity index (χ3n) is 4.32. The standard InChI is InChI=1S/C18H19ClN2O2S2/c19-14-7-3-2-6-13(14)12-15-17(23)21(18(24)25-15)11-8-16(22)20-9-4-1-5-10-20/h2-3,6-7,12H,1,4-5,8-11H2/b15-12+. The van der Waals surface area contributed by atoms with Gasteiger partial charge in [0.15, 0.2) is 0 Å². The predicted molar refractivity (Wildman–Crippen MR) is 106 cm³/mol. The molecule has 0 saturated carbocycles. The molecule has 0 spiro atoms. The Morgan fingerprint density at radius 1 is 1.24 bits per heavy atom. The van der Waals surface area contributed by atoms with Crippen molar-refractivity contribution in [2.24, 2.45) is 0 Å². The summed E-state index contributed by atoms with van der Waals surface area (Å²) in [4.78, 5) is 28.8. The number of halogens is 1.